The number of methoxy groups -OCH3 is 1. The van der Waals surface area contributed by atoms with Gasteiger partial charge in [-0.05, 0) is 55.3 Å². The molecule has 38 heavy (non-hydrogen) atoms. The van der Waals surface area contributed by atoms with E-state index in [0.29, 0.717) is 67.9 Å². The van der Waals surface area contributed by atoms with Crippen LogP contribution in [-0.4, -0.2) is 86.3 Å². The van der Waals surface area contributed by atoms with Gasteiger partial charge in [0.05, 0.1) is 45.2 Å². The number of nitrogens with zero attached hydrogens (tertiary/aromatic N) is 2. The minimum absolute atomic E-state index is 0.0480. The first kappa shape index (κ1) is 27.5. The molecule has 2 heterocycles. The van der Waals surface area contributed by atoms with Gasteiger partial charge in [0.25, 0.3) is 11.7 Å². The topological polar surface area (TPSA) is 97.8 Å². The molecule has 0 aromatic heterocycles. The van der Waals surface area contributed by atoms with Crippen molar-refractivity contribution in [2.75, 3.05) is 59.7 Å². The number of ether oxygens (including phenoxy) is 4. The summed E-state index contributed by atoms with van der Waals surface area (Å²) in [5.74, 6) is 0.166. The Bertz CT molecular complexity index is 1160. The first-order valence-corrected chi connectivity index (χ1v) is 13.1. The molecule has 0 saturated carbocycles. The van der Waals surface area contributed by atoms with Crippen LogP contribution < -0.4 is 14.2 Å². The highest BCUT2D eigenvalue weighted by Gasteiger charge is 2.46. The third kappa shape index (κ3) is 5.95. The summed E-state index contributed by atoms with van der Waals surface area (Å²) in [6.45, 7) is 8.58. The molecule has 1 atom stereocenters. The minimum atomic E-state index is -0.780. The van der Waals surface area contributed by atoms with Crippen molar-refractivity contribution in [2.45, 2.75) is 26.3 Å². The number of aliphatic hydroxyl groups excluding tert-OH is 1. The van der Waals surface area contributed by atoms with Crippen LogP contribution in [0.2, 0.25) is 0 Å². The Hall–Kier alpha value is -3.56. The second kappa shape index (κ2) is 12.8. The molecule has 1 N–H and O–H groups in total. The Kier molecular flexibility index (Phi) is 9.25. The number of hydrogen-bond donors (Lipinski definition) is 1. The average Bonchev–Trinajstić information content (AvgIpc) is 3.20. The fourth-order valence-corrected chi connectivity index (χ4v) is 4.73. The number of benzene rings is 2. The first-order valence-electron chi connectivity index (χ1n) is 13.1. The second-order valence-electron chi connectivity index (χ2n) is 9.16. The van der Waals surface area contributed by atoms with E-state index in [2.05, 4.69) is 4.90 Å². The minimum Gasteiger partial charge on any atom is -0.507 e. The Morgan fingerprint density at radius 3 is 2.39 bits per heavy atom. The highest BCUT2D eigenvalue weighted by Crippen LogP contribution is 2.42. The number of ketones is 1. The van der Waals surface area contributed by atoms with Gasteiger partial charge in [0.2, 0.25) is 0 Å². The lowest BCUT2D eigenvalue weighted by Gasteiger charge is -2.31. The van der Waals surface area contributed by atoms with E-state index in [1.807, 2.05) is 19.9 Å². The predicted molar refractivity (Wildman–Crippen MR) is 143 cm³/mol. The van der Waals surface area contributed by atoms with E-state index in [1.165, 1.54) is 0 Å². The lowest BCUT2D eigenvalue weighted by atomic mass is 9.95. The normalized spacial score (nSPS) is 19.6. The molecular weight excluding hydrogens is 488 g/mol. The van der Waals surface area contributed by atoms with Crippen molar-refractivity contribution in [3.8, 4) is 17.2 Å². The van der Waals surface area contributed by atoms with Gasteiger partial charge in [-0.2, -0.15) is 0 Å². The van der Waals surface area contributed by atoms with E-state index >= 15 is 0 Å². The molecule has 0 radical (unpaired) electrons. The fourth-order valence-electron chi connectivity index (χ4n) is 4.73. The fraction of sp³-hybridized carbons (Fsp3) is 0.448. The molecule has 4 rings (SSSR count). The zero-order valence-electron chi connectivity index (χ0n) is 22.3. The molecule has 2 fully saturated rings. The monoisotopic (exact) mass is 524 g/mol. The van der Waals surface area contributed by atoms with Crippen molar-refractivity contribution in [1.29, 1.82) is 0 Å². The Morgan fingerprint density at radius 1 is 1.00 bits per heavy atom. The Labute approximate surface area is 223 Å². The summed E-state index contributed by atoms with van der Waals surface area (Å²) in [4.78, 5) is 30.5. The Morgan fingerprint density at radius 2 is 1.74 bits per heavy atom. The van der Waals surface area contributed by atoms with Gasteiger partial charge in [-0.25, -0.2) is 0 Å². The summed E-state index contributed by atoms with van der Waals surface area (Å²) in [5, 5.41) is 11.3. The van der Waals surface area contributed by atoms with Crippen LogP contribution in [0.15, 0.2) is 48.0 Å². The molecule has 1 unspecified atom stereocenters. The van der Waals surface area contributed by atoms with Crippen molar-refractivity contribution >= 4 is 17.4 Å². The maximum absolute atomic E-state index is 13.4. The van der Waals surface area contributed by atoms with Gasteiger partial charge in [-0.1, -0.05) is 13.0 Å². The smallest absolute Gasteiger partial charge is 0.295 e. The molecule has 9 heteroatoms. The summed E-state index contributed by atoms with van der Waals surface area (Å²) in [6.07, 6.45) is 0.844. The van der Waals surface area contributed by atoms with Crippen LogP contribution in [0.25, 0.3) is 5.76 Å². The van der Waals surface area contributed by atoms with Gasteiger partial charge in [-0.15, -0.1) is 0 Å². The number of likely N-dealkylation sites (tertiary alicyclic amines) is 1. The number of hydrogen-bond acceptors (Lipinski definition) is 8. The third-order valence-corrected chi connectivity index (χ3v) is 6.71. The zero-order chi connectivity index (χ0) is 27.1. The number of carbonyl (C=O) groups excluding carboxylic acids is 2. The van der Waals surface area contributed by atoms with E-state index in [4.69, 9.17) is 18.9 Å². The van der Waals surface area contributed by atoms with E-state index in [9.17, 15) is 14.7 Å². The standard InChI is InChI=1S/C29H36N2O7/c1-4-16-38-23-11-8-21(19-24(23)37-5-2)26-25(27(32)20-6-9-22(35-3)10-7-20)28(33)29(34)31(26)13-12-30-14-17-36-18-15-30/h6-11,19,26,32H,4-5,12-18H2,1-3H3. The van der Waals surface area contributed by atoms with Crippen LogP contribution in [0.4, 0.5) is 0 Å². The molecule has 204 valence electrons. The first-order chi connectivity index (χ1) is 18.5. The van der Waals surface area contributed by atoms with Crippen molar-refractivity contribution in [3.63, 3.8) is 0 Å². The van der Waals surface area contributed by atoms with E-state index in [1.54, 1.807) is 48.4 Å². The molecule has 0 spiro atoms. The van der Waals surface area contributed by atoms with Crippen molar-refractivity contribution in [1.82, 2.24) is 9.80 Å². The predicted octanol–water partition coefficient (Wildman–Crippen LogP) is 3.64. The number of aliphatic hydroxyl groups is 1. The maximum Gasteiger partial charge on any atom is 0.295 e. The van der Waals surface area contributed by atoms with Crippen molar-refractivity contribution < 1.29 is 33.6 Å². The largest absolute Gasteiger partial charge is 0.507 e. The molecule has 2 aliphatic rings. The molecular formula is C29H36N2O7. The SMILES string of the molecule is CCCOc1ccc(C2C(=C(O)c3ccc(OC)cc3)C(=O)C(=O)N2CCN2CCOCC2)cc1OCC. The molecule has 2 aromatic rings. The summed E-state index contributed by atoms with van der Waals surface area (Å²) < 4.78 is 22.4. The van der Waals surface area contributed by atoms with Gasteiger partial charge < -0.3 is 29.0 Å². The van der Waals surface area contributed by atoms with Crippen LogP contribution >= 0.6 is 0 Å². The highest BCUT2D eigenvalue weighted by atomic mass is 16.5. The van der Waals surface area contributed by atoms with Gasteiger partial charge in [0, 0.05) is 31.7 Å². The summed E-state index contributed by atoms with van der Waals surface area (Å²) in [7, 11) is 1.55. The van der Waals surface area contributed by atoms with Crippen LogP contribution in [-0.2, 0) is 14.3 Å². The quantitative estimate of drug-likeness (QED) is 0.270. The molecule has 2 aromatic carbocycles. The van der Waals surface area contributed by atoms with Gasteiger partial charge in [0.15, 0.2) is 11.5 Å². The molecule has 0 bridgehead atoms. The van der Waals surface area contributed by atoms with E-state index in [0.717, 1.165) is 19.5 Å². The number of amides is 1. The van der Waals surface area contributed by atoms with Gasteiger partial charge in [-0.3, -0.25) is 14.5 Å². The molecule has 2 saturated heterocycles. The molecule has 9 nitrogen and oxygen atoms in total. The number of rotatable bonds is 11. The van der Waals surface area contributed by atoms with Gasteiger partial charge >= 0.3 is 0 Å². The van der Waals surface area contributed by atoms with Crippen LogP contribution in [0, 0.1) is 0 Å². The van der Waals surface area contributed by atoms with E-state index < -0.39 is 17.7 Å². The van der Waals surface area contributed by atoms with E-state index in [-0.39, 0.29) is 11.3 Å². The number of carbonyl (C=O) groups is 2. The number of morpholine rings is 1. The summed E-state index contributed by atoms with van der Waals surface area (Å²) >= 11 is 0. The lowest BCUT2D eigenvalue weighted by molar-refractivity contribution is -0.140. The maximum atomic E-state index is 13.4. The molecule has 0 aliphatic carbocycles. The van der Waals surface area contributed by atoms with Crippen LogP contribution in [0.1, 0.15) is 37.4 Å². The number of Topliss-reactive ketones (excluding diaryl/α,β-unsaturated/α-hetero) is 1. The van der Waals surface area contributed by atoms with Crippen LogP contribution in [0.5, 0.6) is 17.2 Å². The van der Waals surface area contributed by atoms with Crippen LogP contribution in [0.3, 0.4) is 0 Å². The Balaban J connectivity index is 1.76. The highest BCUT2D eigenvalue weighted by molar-refractivity contribution is 6.46. The lowest BCUT2D eigenvalue weighted by Crippen LogP contribution is -2.42. The summed E-state index contributed by atoms with van der Waals surface area (Å²) in [6, 6.07) is 11.4. The van der Waals surface area contributed by atoms with Gasteiger partial charge in [0.1, 0.15) is 11.5 Å². The second-order valence-corrected chi connectivity index (χ2v) is 9.16. The van der Waals surface area contributed by atoms with Crippen molar-refractivity contribution in [3.05, 3.63) is 59.2 Å². The third-order valence-electron chi connectivity index (χ3n) is 6.71. The molecule has 1 amide bonds. The molecule has 2 aliphatic heterocycles. The average molecular weight is 525 g/mol. The summed E-state index contributed by atoms with van der Waals surface area (Å²) in [5.41, 5.74) is 1.13. The zero-order valence-corrected chi connectivity index (χ0v) is 22.3. The van der Waals surface area contributed by atoms with Crippen molar-refractivity contribution in [2.24, 2.45) is 0 Å².